The van der Waals surface area contributed by atoms with Gasteiger partial charge in [-0.1, -0.05) is 40.2 Å². The molecule has 0 saturated heterocycles. The highest BCUT2D eigenvalue weighted by Crippen LogP contribution is 2.22. The smallest absolute Gasteiger partial charge is 0.268 e. The monoisotopic (exact) mass is 441 g/mol. The Hall–Kier alpha value is -2.82. The molecule has 0 fully saturated rings. The normalized spacial score (nSPS) is 11.1. The highest BCUT2D eigenvalue weighted by atomic mass is 79.9. The van der Waals surface area contributed by atoms with E-state index in [1.165, 1.54) is 41.7 Å². The molecule has 7 heteroatoms. The van der Waals surface area contributed by atoms with Gasteiger partial charge in [-0.25, -0.2) is 9.37 Å². The number of nitrogens with one attached hydrogen (secondary N) is 1. The summed E-state index contributed by atoms with van der Waals surface area (Å²) < 4.78 is 14.0. The summed E-state index contributed by atoms with van der Waals surface area (Å²) in [6.07, 6.45) is 3.82. The Morgan fingerprint density at radius 3 is 2.59 bits per heavy atom. The first-order valence-electron chi connectivity index (χ1n) is 7.91. The Kier molecular flexibility index (Phi) is 6.12. The zero-order chi connectivity index (χ0) is 19.2. The standard InChI is InChI=1S/C20H13BrFN3OS/c21-16-5-1-14(2-6-16)10-18-12-24-20(27-18)25-19(26)15(11-23)9-13-3-7-17(22)8-4-13/h1-9,12H,10H2,(H,24,25,26)/b15-9+. The molecule has 0 aliphatic heterocycles. The molecule has 3 rings (SSSR count). The van der Waals surface area contributed by atoms with Crippen LogP contribution in [0.3, 0.4) is 0 Å². The Morgan fingerprint density at radius 1 is 1.22 bits per heavy atom. The molecule has 0 unspecified atom stereocenters. The fourth-order valence-electron chi connectivity index (χ4n) is 2.29. The molecule has 0 bridgehead atoms. The van der Waals surface area contributed by atoms with E-state index in [0.717, 1.165) is 14.9 Å². The second-order valence-corrected chi connectivity index (χ2v) is 7.64. The predicted molar refractivity (Wildman–Crippen MR) is 108 cm³/mol. The second kappa shape index (κ2) is 8.71. The van der Waals surface area contributed by atoms with Crippen molar-refractivity contribution in [1.29, 1.82) is 5.26 Å². The molecule has 27 heavy (non-hydrogen) atoms. The van der Waals surface area contributed by atoms with Gasteiger partial charge in [0.05, 0.1) is 0 Å². The molecular formula is C20H13BrFN3OS. The van der Waals surface area contributed by atoms with Gasteiger partial charge in [-0.15, -0.1) is 11.3 Å². The third-order valence-corrected chi connectivity index (χ3v) is 5.05. The van der Waals surface area contributed by atoms with E-state index >= 15 is 0 Å². The third kappa shape index (κ3) is 5.33. The van der Waals surface area contributed by atoms with Gasteiger partial charge in [0.25, 0.3) is 5.91 Å². The number of nitrogens with zero attached hydrogens (tertiary/aromatic N) is 2. The van der Waals surface area contributed by atoms with Gasteiger partial charge in [-0.2, -0.15) is 5.26 Å². The largest absolute Gasteiger partial charge is 0.297 e. The van der Waals surface area contributed by atoms with Crippen LogP contribution in [-0.2, 0) is 11.2 Å². The Labute approximate surface area is 168 Å². The van der Waals surface area contributed by atoms with Crippen molar-refractivity contribution in [3.05, 3.63) is 86.6 Å². The summed E-state index contributed by atoms with van der Waals surface area (Å²) in [6, 6.07) is 15.4. The van der Waals surface area contributed by atoms with Crippen LogP contribution < -0.4 is 5.32 Å². The van der Waals surface area contributed by atoms with E-state index in [1.54, 1.807) is 6.20 Å². The summed E-state index contributed by atoms with van der Waals surface area (Å²) >= 11 is 4.76. The van der Waals surface area contributed by atoms with E-state index in [0.29, 0.717) is 17.1 Å². The minimum Gasteiger partial charge on any atom is -0.297 e. The topological polar surface area (TPSA) is 65.8 Å². The van der Waals surface area contributed by atoms with E-state index in [9.17, 15) is 14.4 Å². The highest BCUT2D eigenvalue weighted by molar-refractivity contribution is 9.10. The zero-order valence-corrected chi connectivity index (χ0v) is 16.3. The Morgan fingerprint density at radius 2 is 1.93 bits per heavy atom. The SMILES string of the molecule is N#C/C(=C\c1ccc(F)cc1)C(=O)Nc1ncc(Cc2ccc(Br)cc2)s1. The molecule has 2 aromatic carbocycles. The number of rotatable bonds is 5. The van der Waals surface area contributed by atoms with E-state index in [2.05, 4.69) is 26.2 Å². The number of amides is 1. The fraction of sp³-hybridized carbons (Fsp3) is 0.0500. The molecule has 0 spiro atoms. The van der Waals surface area contributed by atoms with Gasteiger partial charge in [0.1, 0.15) is 17.5 Å². The molecule has 134 valence electrons. The van der Waals surface area contributed by atoms with Crippen molar-refractivity contribution in [2.24, 2.45) is 0 Å². The van der Waals surface area contributed by atoms with Crippen molar-refractivity contribution in [2.75, 3.05) is 5.32 Å². The van der Waals surface area contributed by atoms with Crippen LogP contribution in [0, 0.1) is 17.1 Å². The lowest BCUT2D eigenvalue weighted by atomic mass is 10.1. The van der Waals surface area contributed by atoms with E-state index in [4.69, 9.17) is 0 Å². The highest BCUT2D eigenvalue weighted by Gasteiger charge is 2.12. The van der Waals surface area contributed by atoms with E-state index in [-0.39, 0.29) is 11.4 Å². The number of nitriles is 1. The van der Waals surface area contributed by atoms with Crippen LogP contribution in [0.1, 0.15) is 16.0 Å². The van der Waals surface area contributed by atoms with Crippen LogP contribution in [0.25, 0.3) is 6.08 Å². The number of carbonyl (C=O) groups is 1. The summed E-state index contributed by atoms with van der Waals surface area (Å²) in [5.41, 5.74) is 1.62. The van der Waals surface area contributed by atoms with Gasteiger partial charge in [0.2, 0.25) is 0 Å². The van der Waals surface area contributed by atoms with Crippen molar-refractivity contribution >= 4 is 44.4 Å². The third-order valence-electron chi connectivity index (χ3n) is 3.61. The summed E-state index contributed by atoms with van der Waals surface area (Å²) in [4.78, 5) is 17.5. The maximum atomic E-state index is 13.0. The minimum absolute atomic E-state index is 0.0775. The molecule has 0 radical (unpaired) electrons. The van der Waals surface area contributed by atoms with Crippen molar-refractivity contribution < 1.29 is 9.18 Å². The van der Waals surface area contributed by atoms with Gasteiger partial charge in [-0.3, -0.25) is 10.1 Å². The first-order chi connectivity index (χ1) is 13.0. The summed E-state index contributed by atoms with van der Waals surface area (Å²) in [7, 11) is 0. The number of thiazole rings is 1. The molecule has 1 N–H and O–H groups in total. The van der Waals surface area contributed by atoms with E-state index < -0.39 is 5.91 Å². The van der Waals surface area contributed by atoms with Crippen LogP contribution in [0.15, 0.2) is 64.8 Å². The molecule has 1 amide bonds. The van der Waals surface area contributed by atoms with Crippen LogP contribution in [0.5, 0.6) is 0 Å². The number of hydrogen-bond acceptors (Lipinski definition) is 4. The van der Waals surface area contributed by atoms with Gasteiger partial charge in [-0.05, 0) is 41.5 Å². The fourth-order valence-corrected chi connectivity index (χ4v) is 3.40. The van der Waals surface area contributed by atoms with Gasteiger partial charge in [0.15, 0.2) is 5.13 Å². The van der Waals surface area contributed by atoms with Crippen molar-refractivity contribution in [2.45, 2.75) is 6.42 Å². The molecule has 0 aliphatic rings. The molecule has 4 nitrogen and oxygen atoms in total. The van der Waals surface area contributed by atoms with Crippen molar-refractivity contribution in [1.82, 2.24) is 4.98 Å². The maximum absolute atomic E-state index is 13.0. The number of benzene rings is 2. The predicted octanol–water partition coefficient (Wildman–Crippen LogP) is 5.18. The zero-order valence-electron chi connectivity index (χ0n) is 13.9. The molecule has 1 aromatic heterocycles. The Balaban J connectivity index is 1.68. The lowest BCUT2D eigenvalue weighted by molar-refractivity contribution is -0.112. The van der Waals surface area contributed by atoms with E-state index in [1.807, 2.05) is 30.3 Å². The summed E-state index contributed by atoms with van der Waals surface area (Å²) in [5.74, 6) is -0.928. The summed E-state index contributed by atoms with van der Waals surface area (Å²) in [5, 5.41) is 12.3. The molecule has 0 atom stereocenters. The minimum atomic E-state index is -0.550. The molecular weight excluding hydrogens is 429 g/mol. The average molecular weight is 442 g/mol. The quantitative estimate of drug-likeness (QED) is 0.438. The number of halogens is 2. The number of aromatic nitrogens is 1. The number of anilines is 1. The van der Waals surface area contributed by atoms with Gasteiger partial charge >= 0.3 is 0 Å². The van der Waals surface area contributed by atoms with Crippen molar-refractivity contribution in [3.63, 3.8) is 0 Å². The maximum Gasteiger partial charge on any atom is 0.268 e. The Bertz CT molecular complexity index is 1020. The lowest BCUT2D eigenvalue weighted by Crippen LogP contribution is -2.13. The second-order valence-electron chi connectivity index (χ2n) is 5.61. The number of hydrogen-bond donors (Lipinski definition) is 1. The molecule has 0 saturated carbocycles. The summed E-state index contributed by atoms with van der Waals surface area (Å²) in [6.45, 7) is 0. The van der Waals surface area contributed by atoms with Gasteiger partial charge in [0, 0.05) is 22.0 Å². The van der Waals surface area contributed by atoms with Crippen LogP contribution >= 0.6 is 27.3 Å². The van der Waals surface area contributed by atoms with Crippen LogP contribution in [0.2, 0.25) is 0 Å². The molecule has 3 aromatic rings. The first kappa shape index (κ1) is 19.0. The van der Waals surface area contributed by atoms with Crippen LogP contribution in [-0.4, -0.2) is 10.9 Å². The number of carbonyl (C=O) groups excluding carboxylic acids is 1. The van der Waals surface area contributed by atoms with Crippen molar-refractivity contribution in [3.8, 4) is 6.07 Å². The average Bonchev–Trinajstić information content (AvgIpc) is 3.10. The van der Waals surface area contributed by atoms with Crippen LogP contribution in [0.4, 0.5) is 9.52 Å². The van der Waals surface area contributed by atoms with Gasteiger partial charge < -0.3 is 0 Å². The molecule has 0 aliphatic carbocycles. The first-order valence-corrected chi connectivity index (χ1v) is 9.52. The lowest BCUT2D eigenvalue weighted by Gasteiger charge is -2.01. The molecule has 1 heterocycles.